The molecule has 0 fully saturated rings. The Labute approximate surface area is 69.8 Å². The standard InChI is InChI=1S/C6H14N2O.C2H6/c1-4-7-5-6(9)8(2)3;1-2/h7H,4-5H2,1-3H3;1-2H3. The van der Waals surface area contributed by atoms with Crippen molar-refractivity contribution in [1.82, 2.24) is 10.2 Å². The molecule has 0 aromatic rings. The van der Waals surface area contributed by atoms with Gasteiger partial charge in [0.2, 0.25) is 5.91 Å². The third kappa shape index (κ3) is 9.43. The third-order valence-electron chi connectivity index (χ3n) is 1.03. The molecular weight excluding hydrogens is 140 g/mol. The van der Waals surface area contributed by atoms with Crippen LogP contribution in [0.15, 0.2) is 0 Å². The molecule has 0 aromatic heterocycles. The summed E-state index contributed by atoms with van der Waals surface area (Å²) in [5.74, 6) is 0.122. The van der Waals surface area contributed by atoms with Crippen LogP contribution in [0.3, 0.4) is 0 Å². The van der Waals surface area contributed by atoms with Gasteiger partial charge in [0.1, 0.15) is 0 Å². The highest BCUT2D eigenvalue weighted by molar-refractivity contribution is 5.77. The maximum absolute atomic E-state index is 10.8. The zero-order valence-corrected chi connectivity index (χ0v) is 8.27. The van der Waals surface area contributed by atoms with E-state index in [4.69, 9.17) is 0 Å². The fourth-order valence-electron chi connectivity index (χ4n) is 0.390. The van der Waals surface area contributed by atoms with Crippen molar-refractivity contribution in [2.24, 2.45) is 0 Å². The van der Waals surface area contributed by atoms with Gasteiger partial charge in [-0.1, -0.05) is 20.8 Å². The van der Waals surface area contributed by atoms with Gasteiger partial charge in [-0.25, -0.2) is 0 Å². The monoisotopic (exact) mass is 160 g/mol. The molecule has 3 heteroatoms. The number of hydrogen-bond donors (Lipinski definition) is 1. The number of nitrogens with one attached hydrogen (secondary N) is 1. The van der Waals surface area contributed by atoms with Crippen LogP contribution in [0.1, 0.15) is 20.8 Å². The Morgan fingerprint density at radius 3 is 2.09 bits per heavy atom. The van der Waals surface area contributed by atoms with E-state index in [9.17, 15) is 4.79 Å². The van der Waals surface area contributed by atoms with Crippen LogP contribution in [0.2, 0.25) is 0 Å². The van der Waals surface area contributed by atoms with Crippen molar-refractivity contribution in [2.45, 2.75) is 20.8 Å². The lowest BCUT2D eigenvalue weighted by atomic mass is 10.5. The fourth-order valence-corrected chi connectivity index (χ4v) is 0.390. The lowest BCUT2D eigenvalue weighted by molar-refractivity contribution is -0.127. The van der Waals surface area contributed by atoms with Crippen molar-refractivity contribution in [2.75, 3.05) is 27.2 Å². The SMILES string of the molecule is CC.CCNCC(=O)N(C)C. The minimum absolute atomic E-state index is 0.122. The van der Waals surface area contributed by atoms with Crippen molar-refractivity contribution < 1.29 is 4.79 Å². The van der Waals surface area contributed by atoms with Gasteiger partial charge in [-0.05, 0) is 6.54 Å². The van der Waals surface area contributed by atoms with E-state index in [-0.39, 0.29) is 5.91 Å². The van der Waals surface area contributed by atoms with Gasteiger partial charge in [0.15, 0.2) is 0 Å². The molecule has 3 nitrogen and oxygen atoms in total. The molecule has 11 heavy (non-hydrogen) atoms. The Balaban J connectivity index is 0. The summed E-state index contributed by atoms with van der Waals surface area (Å²) in [5.41, 5.74) is 0. The molecule has 68 valence electrons. The van der Waals surface area contributed by atoms with Gasteiger partial charge in [0.05, 0.1) is 6.54 Å². The first-order chi connectivity index (χ1) is 5.18. The van der Waals surface area contributed by atoms with E-state index in [2.05, 4.69) is 5.32 Å². The Kier molecular flexibility index (Phi) is 11.2. The second-order valence-corrected chi connectivity index (χ2v) is 2.07. The lowest BCUT2D eigenvalue weighted by Crippen LogP contribution is -2.32. The molecule has 0 rings (SSSR count). The topological polar surface area (TPSA) is 32.3 Å². The normalized spacial score (nSPS) is 8.09. The molecule has 1 amide bonds. The van der Waals surface area contributed by atoms with E-state index in [1.807, 2.05) is 20.8 Å². The molecular formula is C8H20N2O. The molecule has 0 saturated heterocycles. The van der Waals surface area contributed by atoms with Gasteiger partial charge in [0.25, 0.3) is 0 Å². The molecule has 0 aliphatic rings. The summed E-state index contributed by atoms with van der Waals surface area (Å²) in [7, 11) is 3.50. The summed E-state index contributed by atoms with van der Waals surface area (Å²) in [6.45, 7) is 7.27. The molecule has 0 radical (unpaired) electrons. The highest BCUT2D eigenvalue weighted by Crippen LogP contribution is 1.73. The molecule has 0 atom stereocenters. The second kappa shape index (κ2) is 9.43. The first-order valence-corrected chi connectivity index (χ1v) is 4.09. The van der Waals surface area contributed by atoms with Crippen molar-refractivity contribution in [3.8, 4) is 0 Å². The number of likely N-dealkylation sites (N-methyl/N-ethyl adjacent to an activating group) is 2. The van der Waals surface area contributed by atoms with Crippen LogP contribution in [-0.2, 0) is 4.79 Å². The molecule has 0 aliphatic carbocycles. The number of rotatable bonds is 3. The maximum atomic E-state index is 10.8. The third-order valence-corrected chi connectivity index (χ3v) is 1.03. The molecule has 0 saturated carbocycles. The second-order valence-electron chi connectivity index (χ2n) is 2.07. The first kappa shape index (κ1) is 13.1. The number of amides is 1. The molecule has 0 bridgehead atoms. The molecule has 0 aliphatic heterocycles. The molecule has 0 aromatic carbocycles. The van der Waals surface area contributed by atoms with Gasteiger partial charge < -0.3 is 10.2 Å². The van der Waals surface area contributed by atoms with Crippen LogP contribution in [0, 0.1) is 0 Å². The summed E-state index contributed by atoms with van der Waals surface area (Å²) in [6.07, 6.45) is 0. The molecule has 0 heterocycles. The van der Waals surface area contributed by atoms with E-state index in [1.165, 1.54) is 0 Å². The van der Waals surface area contributed by atoms with E-state index >= 15 is 0 Å². The number of carbonyl (C=O) groups excluding carboxylic acids is 1. The van der Waals surface area contributed by atoms with Crippen molar-refractivity contribution >= 4 is 5.91 Å². The summed E-state index contributed by atoms with van der Waals surface area (Å²) in [6, 6.07) is 0. The number of carbonyl (C=O) groups is 1. The van der Waals surface area contributed by atoms with Crippen LogP contribution in [0.4, 0.5) is 0 Å². The van der Waals surface area contributed by atoms with Crippen LogP contribution in [0.5, 0.6) is 0 Å². The van der Waals surface area contributed by atoms with Gasteiger partial charge in [-0.15, -0.1) is 0 Å². The highest BCUT2D eigenvalue weighted by Gasteiger charge is 1.99. The van der Waals surface area contributed by atoms with Crippen molar-refractivity contribution in [3.05, 3.63) is 0 Å². The average molecular weight is 160 g/mol. The van der Waals surface area contributed by atoms with Crippen LogP contribution in [0.25, 0.3) is 0 Å². The average Bonchev–Trinajstić information content (AvgIpc) is 2.03. The predicted molar refractivity (Wildman–Crippen MR) is 48.6 cm³/mol. The van der Waals surface area contributed by atoms with Crippen LogP contribution in [-0.4, -0.2) is 38.0 Å². The largest absolute Gasteiger partial charge is 0.348 e. The fraction of sp³-hybridized carbons (Fsp3) is 0.875. The summed E-state index contributed by atoms with van der Waals surface area (Å²) in [4.78, 5) is 12.3. The van der Waals surface area contributed by atoms with Crippen molar-refractivity contribution in [1.29, 1.82) is 0 Å². The van der Waals surface area contributed by atoms with Gasteiger partial charge in [-0.3, -0.25) is 4.79 Å². The smallest absolute Gasteiger partial charge is 0.236 e. The first-order valence-electron chi connectivity index (χ1n) is 4.09. The van der Waals surface area contributed by atoms with Crippen LogP contribution >= 0.6 is 0 Å². The summed E-state index contributed by atoms with van der Waals surface area (Å²) in [5, 5.41) is 2.94. The zero-order chi connectivity index (χ0) is 9.28. The Hall–Kier alpha value is -0.570. The Morgan fingerprint density at radius 1 is 1.36 bits per heavy atom. The molecule has 1 N–H and O–H groups in total. The van der Waals surface area contributed by atoms with Crippen LogP contribution < -0.4 is 5.32 Å². The Bertz CT molecular complexity index is 92.1. The predicted octanol–water partition coefficient (Wildman–Crippen LogP) is 0.710. The summed E-state index contributed by atoms with van der Waals surface area (Å²) >= 11 is 0. The van der Waals surface area contributed by atoms with E-state index in [1.54, 1.807) is 19.0 Å². The minimum Gasteiger partial charge on any atom is -0.348 e. The Morgan fingerprint density at radius 2 is 1.82 bits per heavy atom. The van der Waals surface area contributed by atoms with Gasteiger partial charge >= 0.3 is 0 Å². The maximum Gasteiger partial charge on any atom is 0.236 e. The molecule has 0 spiro atoms. The highest BCUT2D eigenvalue weighted by atomic mass is 16.2. The summed E-state index contributed by atoms with van der Waals surface area (Å²) < 4.78 is 0. The quantitative estimate of drug-likeness (QED) is 0.659. The molecule has 0 unspecified atom stereocenters. The minimum atomic E-state index is 0.122. The number of nitrogens with zero attached hydrogens (tertiary/aromatic N) is 1. The zero-order valence-electron chi connectivity index (χ0n) is 8.27. The van der Waals surface area contributed by atoms with E-state index in [0.29, 0.717) is 6.54 Å². The lowest BCUT2D eigenvalue weighted by Gasteiger charge is -2.09. The van der Waals surface area contributed by atoms with Gasteiger partial charge in [0, 0.05) is 14.1 Å². The van der Waals surface area contributed by atoms with E-state index in [0.717, 1.165) is 6.54 Å². The van der Waals surface area contributed by atoms with E-state index < -0.39 is 0 Å². The van der Waals surface area contributed by atoms with Gasteiger partial charge in [-0.2, -0.15) is 0 Å². The number of hydrogen-bond acceptors (Lipinski definition) is 2. The van der Waals surface area contributed by atoms with Crippen molar-refractivity contribution in [3.63, 3.8) is 0 Å².